The summed E-state index contributed by atoms with van der Waals surface area (Å²) in [4.78, 5) is 36.6. The molecule has 0 spiro atoms. The molecule has 1 unspecified atom stereocenters. The van der Waals surface area contributed by atoms with E-state index in [1.54, 1.807) is 19.1 Å². The lowest BCUT2D eigenvalue weighted by Gasteiger charge is -2.22. The molecule has 2 heterocycles. The summed E-state index contributed by atoms with van der Waals surface area (Å²) in [5, 5.41) is 10.8. The fourth-order valence-corrected chi connectivity index (χ4v) is 2.88. The number of benzene rings is 1. The van der Waals surface area contributed by atoms with E-state index in [1.807, 2.05) is 0 Å². The molecular weight excluding hydrogens is 328 g/mol. The van der Waals surface area contributed by atoms with Crippen molar-refractivity contribution in [1.82, 2.24) is 4.90 Å². The number of nitro benzene ring substituents is 1. The number of ether oxygens (including phenoxy) is 1. The molecule has 3 rings (SSSR count). The van der Waals surface area contributed by atoms with Crippen molar-refractivity contribution in [2.75, 3.05) is 6.54 Å². The fraction of sp³-hybridized carbons (Fsp3) is 0.294. The molecule has 8 nitrogen and oxygen atoms in total. The van der Waals surface area contributed by atoms with Crippen LogP contribution in [0.15, 0.2) is 41.0 Å². The molecule has 1 aromatic heterocycles. The third-order valence-electron chi connectivity index (χ3n) is 4.10. The van der Waals surface area contributed by atoms with Crippen LogP contribution < -0.4 is 4.74 Å². The molecule has 1 atom stereocenters. The first-order valence-corrected chi connectivity index (χ1v) is 7.78. The summed E-state index contributed by atoms with van der Waals surface area (Å²) in [6.45, 7) is 2.01. The summed E-state index contributed by atoms with van der Waals surface area (Å²) in [7, 11) is 0. The Morgan fingerprint density at radius 2 is 2.16 bits per heavy atom. The van der Waals surface area contributed by atoms with Crippen LogP contribution in [0.25, 0.3) is 0 Å². The Labute approximate surface area is 143 Å². The molecule has 1 aliphatic heterocycles. The predicted octanol–water partition coefficient (Wildman–Crippen LogP) is 2.71. The zero-order chi connectivity index (χ0) is 18.0. The topological polar surface area (TPSA) is 103 Å². The van der Waals surface area contributed by atoms with Gasteiger partial charge in [0.05, 0.1) is 11.2 Å². The molecule has 0 radical (unpaired) electrons. The number of hydrogen-bond donors (Lipinski definition) is 0. The van der Waals surface area contributed by atoms with Crippen LogP contribution in [0, 0.1) is 17.0 Å². The van der Waals surface area contributed by atoms with Gasteiger partial charge in [-0.05, 0) is 44.0 Å². The van der Waals surface area contributed by atoms with E-state index in [2.05, 4.69) is 0 Å². The first kappa shape index (κ1) is 16.7. The van der Waals surface area contributed by atoms with Crippen molar-refractivity contribution >= 4 is 17.6 Å². The van der Waals surface area contributed by atoms with Crippen LogP contribution in [0.3, 0.4) is 0 Å². The number of hydrogen-bond acceptors (Lipinski definition) is 6. The number of carbonyl (C=O) groups is 2. The van der Waals surface area contributed by atoms with E-state index in [0.29, 0.717) is 24.9 Å². The molecule has 0 bridgehead atoms. The van der Waals surface area contributed by atoms with Gasteiger partial charge in [0.15, 0.2) is 5.76 Å². The highest BCUT2D eigenvalue weighted by Crippen LogP contribution is 2.26. The number of amides is 1. The number of aryl methyl sites for hydroxylation is 1. The fourth-order valence-electron chi connectivity index (χ4n) is 2.88. The maximum absolute atomic E-state index is 12.4. The third kappa shape index (κ3) is 3.37. The molecule has 2 aromatic rings. The SMILES string of the molecule is Cc1cc(OC(=O)C2CCCN2C(=O)c2ccco2)ccc1[N+](=O)[O-]. The van der Waals surface area contributed by atoms with Gasteiger partial charge in [-0.1, -0.05) is 0 Å². The highest BCUT2D eigenvalue weighted by molar-refractivity contribution is 5.95. The van der Waals surface area contributed by atoms with E-state index in [-0.39, 0.29) is 23.1 Å². The van der Waals surface area contributed by atoms with E-state index in [0.717, 1.165) is 0 Å². The molecule has 1 aliphatic rings. The van der Waals surface area contributed by atoms with Gasteiger partial charge in [0.25, 0.3) is 11.6 Å². The lowest BCUT2D eigenvalue weighted by atomic mass is 10.2. The van der Waals surface area contributed by atoms with Gasteiger partial charge in [-0.25, -0.2) is 4.79 Å². The third-order valence-corrected chi connectivity index (χ3v) is 4.10. The van der Waals surface area contributed by atoms with Crippen LogP contribution in [0.5, 0.6) is 5.75 Å². The zero-order valence-electron chi connectivity index (χ0n) is 13.5. The number of carbonyl (C=O) groups excluding carboxylic acids is 2. The normalized spacial score (nSPS) is 16.7. The molecule has 1 amide bonds. The van der Waals surface area contributed by atoms with Gasteiger partial charge in [0.1, 0.15) is 11.8 Å². The van der Waals surface area contributed by atoms with E-state index in [4.69, 9.17) is 9.15 Å². The minimum Gasteiger partial charge on any atom is -0.459 e. The number of furan rings is 1. The van der Waals surface area contributed by atoms with Gasteiger partial charge in [-0.3, -0.25) is 14.9 Å². The summed E-state index contributed by atoms with van der Waals surface area (Å²) < 4.78 is 10.4. The number of esters is 1. The molecule has 1 fully saturated rings. The van der Waals surface area contributed by atoms with Crippen molar-refractivity contribution in [1.29, 1.82) is 0 Å². The molecule has 0 aliphatic carbocycles. The summed E-state index contributed by atoms with van der Waals surface area (Å²) >= 11 is 0. The molecule has 25 heavy (non-hydrogen) atoms. The highest BCUT2D eigenvalue weighted by Gasteiger charge is 2.37. The smallest absolute Gasteiger partial charge is 0.334 e. The molecule has 8 heteroatoms. The first-order chi connectivity index (χ1) is 12.0. The second-order valence-corrected chi connectivity index (χ2v) is 5.76. The lowest BCUT2D eigenvalue weighted by Crippen LogP contribution is -2.42. The molecule has 0 N–H and O–H groups in total. The van der Waals surface area contributed by atoms with Gasteiger partial charge in [0, 0.05) is 18.2 Å². The largest absolute Gasteiger partial charge is 0.459 e. The van der Waals surface area contributed by atoms with E-state index >= 15 is 0 Å². The lowest BCUT2D eigenvalue weighted by molar-refractivity contribution is -0.385. The van der Waals surface area contributed by atoms with Gasteiger partial charge in [-0.15, -0.1) is 0 Å². The Morgan fingerprint density at radius 3 is 2.80 bits per heavy atom. The molecule has 0 saturated carbocycles. The summed E-state index contributed by atoms with van der Waals surface area (Å²) in [6.07, 6.45) is 2.58. The Morgan fingerprint density at radius 1 is 1.36 bits per heavy atom. The Hall–Kier alpha value is -3.16. The Bertz CT molecular complexity index is 815. The average Bonchev–Trinajstić information content (AvgIpc) is 3.25. The second kappa shape index (κ2) is 6.76. The second-order valence-electron chi connectivity index (χ2n) is 5.76. The van der Waals surface area contributed by atoms with Gasteiger partial charge < -0.3 is 14.1 Å². The maximum atomic E-state index is 12.4. The zero-order valence-corrected chi connectivity index (χ0v) is 13.5. The van der Waals surface area contributed by atoms with Crippen molar-refractivity contribution < 1.29 is 23.7 Å². The van der Waals surface area contributed by atoms with Crippen molar-refractivity contribution in [2.24, 2.45) is 0 Å². The van der Waals surface area contributed by atoms with Crippen molar-refractivity contribution in [3.05, 3.63) is 58.0 Å². The van der Waals surface area contributed by atoms with Crippen LogP contribution >= 0.6 is 0 Å². The van der Waals surface area contributed by atoms with Crippen molar-refractivity contribution in [3.8, 4) is 5.75 Å². The number of likely N-dealkylation sites (tertiary alicyclic amines) is 1. The van der Waals surface area contributed by atoms with Crippen molar-refractivity contribution in [3.63, 3.8) is 0 Å². The Balaban J connectivity index is 1.73. The maximum Gasteiger partial charge on any atom is 0.334 e. The van der Waals surface area contributed by atoms with Crippen LogP contribution in [0.2, 0.25) is 0 Å². The number of nitrogens with zero attached hydrogens (tertiary/aromatic N) is 2. The van der Waals surface area contributed by atoms with Crippen LogP contribution in [0.4, 0.5) is 5.69 Å². The molecule has 1 aromatic carbocycles. The standard InChI is InChI=1S/C17H16N2O6/c1-11-10-12(6-7-13(11)19(22)23)25-17(21)14-4-2-8-18(14)16(20)15-5-3-9-24-15/h3,5-7,9-10,14H,2,4,8H2,1H3. The Kier molecular flexibility index (Phi) is 4.51. The van der Waals surface area contributed by atoms with Crippen LogP contribution in [-0.2, 0) is 4.79 Å². The monoisotopic (exact) mass is 344 g/mol. The quantitative estimate of drug-likeness (QED) is 0.366. The predicted molar refractivity (Wildman–Crippen MR) is 86.2 cm³/mol. The minimum atomic E-state index is -0.701. The minimum absolute atomic E-state index is 0.0460. The summed E-state index contributed by atoms with van der Waals surface area (Å²) in [5.74, 6) is -0.536. The van der Waals surface area contributed by atoms with E-state index < -0.39 is 16.9 Å². The van der Waals surface area contributed by atoms with Gasteiger partial charge >= 0.3 is 5.97 Å². The number of rotatable bonds is 4. The van der Waals surface area contributed by atoms with Crippen LogP contribution in [0.1, 0.15) is 29.0 Å². The molecule has 130 valence electrons. The molecule has 1 saturated heterocycles. The summed E-state index contributed by atoms with van der Waals surface area (Å²) in [6, 6.07) is 6.55. The van der Waals surface area contributed by atoms with Crippen molar-refractivity contribution in [2.45, 2.75) is 25.8 Å². The van der Waals surface area contributed by atoms with E-state index in [9.17, 15) is 19.7 Å². The van der Waals surface area contributed by atoms with Gasteiger partial charge in [-0.2, -0.15) is 0 Å². The van der Waals surface area contributed by atoms with Crippen LogP contribution in [-0.4, -0.2) is 34.3 Å². The number of nitro groups is 1. The van der Waals surface area contributed by atoms with Gasteiger partial charge in [0.2, 0.25) is 0 Å². The summed E-state index contributed by atoms with van der Waals surface area (Å²) in [5.41, 5.74) is 0.348. The highest BCUT2D eigenvalue weighted by atomic mass is 16.6. The van der Waals surface area contributed by atoms with E-state index in [1.165, 1.54) is 29.4 Å². The first-order valence-electron chi connectivity index (χ1n) is 7.78. The average molecular weight is 344 g/mol. The molecular formula is C17H16N2O6.